The van der Waals surface area contributed by atoms with Gasteiger partial charge < -0.3 is 14.6 Å². The highest BCUT2D eigenvalue weighted by atomic mass is 35.5. The van der Waals surface area contributed by atoms with E-state index in [1.54, 1.807) is 31.6 Å². The minimum Gasteiger partial charge on any atom is -0.495 e. The first-order valence-electron chi connectivity index (χ1n) is 6.78. The van der Waals surface area contributed by atoms with Gasteiger partial charge in [0, 0.05) is 23.7 Å². The lowest BCUT2D eigenvalue weighted by Gasteiger charge is -2.10. The highest BCUT2D eigenvalue weighted by molar-refractivity contribution is 7.99. The van der Waals surface area contributed by atoms with Gasteiger partial charge in [0.1, 0.15) is 12.1 Å². The number of halogens is 1. The number of carbonyl (C=O) groups excluding carboxylic acids is 1. The molecule has 1 aromatic heterocycles. The van der Waals surface area contributed by atoms with E-state index in [2.05, 4.69) is 15.5 Å². The summed E-state index contributed by atoms with van der Waals surface area (Å²) in [6.07, 6.45) is 2.04. The van der Waals surface area contributed by atoms with E-state index < -0.39 is 0 Å². The molecule has 8 heteroatoms. The Labute approximate surface area is 138 Å². The Balaban J connectivity index is 1.87. The number of ether oxygens (including phenoxy) is 1. The van der Waals surface area contributed by atoms with Crippen molar-refractivity contribution < 1.29 is 9.53 Å². The topological polar surface area (TPSA) is 69.0 Å². The summed E-state index contributed by atoms with van der Waals surface area (Å²) in [5, 5.41) is 12.0. The molecule has 118 valence electrons. The Morgan fingerprint density at radius 2 is 2.32 bits per heavy atom. The van der Waals surface area contributed by atoms with Crippen molar-refractivity contribution in [1.82, 2.24) is 14.8 Å². The first kappa shape index (κ1) is 16.6. The van der Waals surface area contributed by atoms with Gasteiger partial charge >= 0.3 is 0 Å². The molecule has 0 aliphatic heterocycles. The van der Waals surface area contributed by atoms with Crippen LogP contribution in [0.3, 0.4) is 0 Å². The van der Waals surface area contributed by atoms with Crippen molar-refractivity contribution in [3.8, 4) is 5.75 Å². The Morgan fingerprint density at radius 3 is 3.05 bits per heavy atom. The number of thioether (sulfide) groups is 1. The van der Waals surface area contributed by atoms with Gasteiger partial charge in [-0.25, -0.2) is 0 Å². The van der Waals surface area contributed by atoms with Gasteiger partial charge in [0.15, 0.2) is 5.16 Å². The lowest BCUT2D eigenvalue weighted by Crippen LogP contribution is -2.13. The summed E-state index contributed by atoms with van der Waals surface area (Å²) in [5.74, 6) is 1.10. The van der Waals surface area contributed by atoms with Gasteiger partial charge in [-0.1, -0.05) is 23.4 Å². The first-order valence-corrected chi connectivity index (χ1v) is 8.14. The van der Waals surface area contributed by atoms with E-state index in [0.29, 0.717) is 28.6 Å². The lowest BCUT2D eigenvalue weighted by atomic mass is 10.3. The monoisotopic (exact) mass is 340 g/mol. The number of methoxy groups -OCH3 is 1. The molecule has 1 aromatic carbocycles. The molecule has 0 radical (unpaired) electrons. The quantitative estimate of drug-likeness (QED) is 0.784. The van der Waals surface area contributed by atoms with Crippen LogP contribution in [-0.4, -0.2) is 33.5 Å². The van der Waals surface area contributed by atoms with Crippen LogP contribution >= 0.6 is 23.4 Å². The molecule has 1 amide bonds. The zero-order valence-electron chi connectivity index (χ0n) is 12.4. The average molecular weight is 341 g/mol. The third-order valence-corrected chi connectivity index (χ3v) is 4.13. The summed E-state index contributed by atoms with van der Waals surface area (Å²) in [5.41, 5.74) is 0.571. The molecule has 1 heterocycles. The van der Waals surface area contributed by atoms with E-state index in [4.69, 9.17) is 16.3 Å². The Hall–Kier alpha value is -1.73. The molecule has 0 fully saturated rings. The second-order valence-electron chi connectivity index (χ2n) is 4.39. The predicted octanol–water partition coefficient (Wildman–Crippen LogP) is 3.08. The highest BCUT2D eigenvalue weighted by Crippen LogP contribution is 2.28. The molecular formula is C14H17ClN4O2S. The van der Waals surface area contributed by atoms with Crippen molar-refractivity contribution in [2.24, 2.45) is 0 Å². The van der Waals surface area contributed by atoms with Gasteiger partial charge in [0.05, 0.1) is 12.8 Å². The SMILES string of the molecule is CCn1cnnc1SCCC(=O)Nc1cc(Cl)ccc1OC. The number of nitrogens with zero attached hydrogens (tertiary/aromatic N) is 3. The number of benzene rings is 1. The number of rotatable bonds is 7. The zero-order chi connectivity index (χ0) is 15.9. The number of aromatic nitrogens is 3. The van der Waals surface area contributed by atoms with Gasteiger partial charge in [0.25, 0.3) is 0 Å². The highest BCUT2D eigenvalue weighted by Gasteiger charge is 2.10. The van der Waals surface area contributed by atoms with Crippen LogP contribution in [0.15, 0.2) is 29.7 Å². The second kappa shape index (κ2) is 8.05. The number of amides is 1. The Morgan fingerprint density at radius 1 is 1.50 bits per heavy atom. The number of aryl methyl sites for hydroxylation is 1. The Kier molecular flexibility index (Phi) is 6.09. The fourth-order valence-electron chi connectivity index (χ4n) is 1.80. The van der Waals surface area contributed by atoms with Crippen molar-refractivity contribution in [3.05, 3.63) is 29.5 Å². The molecular weight excluding hydrogens is 324 g/mol. The van der Waals surface area contributed by atoms with Gasteiger partial charge in [-0.2, -0.15) is 0 Å². The summed E-state index contributed by atoms with van der Waals surface area (Å²) < 4.78 is 7.13. The average Bonchev–Trinajstić information content (AvgIpc) is 2.95. The van der Waals surface area contributed by atoms with Crippen LogP contribution in [0.1, 0.15) is 13.3 Å². The zero-order valence-corrected chi connectivity index (χ0v) is 13.9. The van der Waals surface area contributed by atoms with Gasteiger partial charge in [-0.05, 0) is 25.1 Å². The van der Waals surface area contributed by atoms with E-state index in [1.807, 2.05) is 11.5 Å². The number of nitrogens with one attached hydrogen (secondary N) is 1. The molecule has 0 spiro atoms. The van der Waals surface area contributed by atoms with Crippen LogP contribution in [0, 0.1) is 0 Å². The number of anilines is 1. The predicted molar refractivity (Wildman–Crippen MR) is 87.7 cm³/mol. The normalized spacial score (nSPS) is 10.5. The number of hydrogen-bond donors (Lipinski definition) is 1. The van der Waals surface area contributed by atoms with Crippen molar-refractivity contribution in [2.45, 2.75) is 25.0 Å². The summed E-state index contributed by atoms with van der Waals surface area (Å²) in [6, 6.07) is 5.10. The van der Waals surface area contributed by atoms with E-state index in [0.717, 1.165) is 11.7 Å². The number of hydrogen-bond acceptors (Lipinski definition) is 5. The third-order valence-electron chi connectivity index (χ3n) is 2.92. The molecule has 2 rings (SSSR count). The minimum atomic E-state index is -0.101. The molecule has 0 saturated carbocycles. The van der Waals surface area contributed by atoms with Crippen LogP contribution < -0.4 is 10.1 Å². The standard InChI is InChI=1S/C14H17ClN4O2S/c1-3-19-9-16-18-14(19)22-7-6-13(20)17-11-8-10(15)4-5-12(11)21-2/h4-5,8-9H,3,6-7H2,1-2H3,(H,17,20). The van der Waals surface area contributed by atoms with Gasteiger partial charge in [0.2, 0.25) is 5.91 Å². The van der Waals surface area contributed by atoms with E-state index in [9.17, 15) is 4.79 Å². The molecule has 0 saturated heterocycles. The summed E-state index contributed by atoms with van der Waals surface area (Å²) in [7, 11) is 1.55. The summed E-state index contributed by atoms with van der Waals surface area (Å²) >= 11 is 7.44. The van der Waals surface area contributed by atoms with Crippen LogP contribution in [0.4, 0.5) is 5.69 Å². The summed E-state index contributed by atoms with van der Waals surface area (Å²) in [6.45, 7) is 2.83. The molecule has 6 nitrogen and oxygen atoms in total. The second-order valence-corrected chi connectivity index (χ2v) is 5.89. The van der Waals surface area contributed by atoms with Gasteiger partial charge in [-0.3, -0.25) is 4.79 Å². The largest absolute Gasteiger partial charge is 0.495 e. The van der Waals surface area contributed by atoms with Crippen molar-refractivity contribution in [3.63, 3.8) is 0 Å². The van der Waals surface area contributed by atoms with E-state index in [1.165, 1.54) is 11.8 Å². The fraction of sp³-hybridized carbons (Fsp3) is 0.357. The van der Waals surface area contributed by atoms with E-state index in [-0.39, 0.29) is 5.91 Å². The molecule has 0 unspecified atom stereocenters. The molecule has 22 heavy (non-hydrogen) atoms. The molecule has 0 aliphatic carbocycles. The maximum Gasteiger partial charge on any atom is 0.225 e. The van der Waals surface area contributed by atoms with Crippen molar-refractivity contribution in [2.75, 3.05) is 18.2 Å². The maximum absolute atomic E-state index is 12.0. The van der Waals surface area contributed by atoms with Crippen molar-refractivity contribution in [1.29, 1.82) is 0 Å². The Bertz CT molecular complexity index is 648. The number of carbonyl (C=O) groups is 1. The van der Waals surface area contributed by atoms with Crippen molar-refractivity contribution >= 4 is 35.0 Å². The van der Waals surface area contributed by atoms with Crippen LogP contribution in [0.5, 0.6) is 5.75 Å². The van der Waals surface area contributed by atoms with Crippen LogP contribution in [0.2, 0.25) is 5.02 Å². The smallest absolute Gasteiger partial charge is 0.225 e. The van der Waals surface area contributed by atoms with Crippen LogP contribution in [-0.2, 0) is 11.3 Å². The summed E-state index contributed by atoms with van der Waals surface area (Å²) in [4.78, 5) is 12.0. The fourth-order valence-corrected chi connectivity index (χ4v) is 2.89. The molecule has 0 aliphatic rings. The maximum atomic E-state index is 12.0. The molecule has 0 bridgehead atoms. The lowest BCUT2D eigenvalue weighted by molar-refractivity contribution is -0.115. The molecule has 2 aromatic rings. The molecule has 0 atom stereocenters. The van der Waals surface area contributed by atoms with E-state index >= 15 is 0 Å². The molecule has 1 N–H and O–H groups in total. The van der Waals surface area contributed by atoms with Gasteiger partial charge in [-0.15, -0.1) is 10.2 Å². The minimum absolute atomic E-state index is 0.101. The van der Waals surface area contributed by atoms with Crippen LogP contribution in [0.25, 0.3) is 0 Å². The third kappa shape index (κ3) is 4.38. The first-order chi connectivity index (χ1) is 10.6.